The van der Waals surface area contributed by atoms with Crippen molar-refractivity contribution >= 4 is 33.2 Å². The molecule has 96 valence electrons. The van der Waals surface area contributed by atoms with E-state index < -0.39 is 0 Å². The van der Waals surface area contributed by atoms with E-state index in [2.05, 4.69) is 35.1 Å². The summed E-state index contributed by atoms with van der Waals surface area (Å²) in [6.07, 6.45) is 0.876. The second-order valence-corrected chi connectivity index (χ2v) is 7.25. The highest BCUT2D eigenvalue weighted by atomic mass is 79.9. The molecule has 0 aliphatic carbocycles. The summed E-state index contributed by atoms with van der Waals surface area (Å²) in [6, 6.07) is 1.83. The van der Waals surface area contributed by atoms with Gasteiger partial charge in [0.15, 0.2) is 0 Å². The molecule has 3 nitrogen and oxygen atoms in total. The lowest BCUT2D eigenvalue weighted by atomic mass is 9.90. The van der Waals surface area contributed by atoms with Gasteiger partial charge in [0, 0.05) is 17.5 Å². The van der Waals surface area contributed by atoms with E-state index >= 15 is 0 Å². The Morgan fingerprint density at radius 1 is 1.65 bits per heavy atom. The van der Waals surface area contributed by atoms with Gasteiger partial charge in [0.1, 0.15) is 0 Å². The fourth-order valence-corrected chi connectivity index (χ4v) is 3.00. The molecule has 1 unspecified atom stereocenters. The van der Waals surface area contributed by atoms with E-state index in [0.29, 0.717) is 18.0 Å². The molecule has 5 heteroatoms. The average Bonchev–Trinajstić information content (AvgIpc) is 2.63. The molecule has 0 aliphatic rings. The maximum absolute atomic E-state index is 12.0. The third-order valence-corrected chi connectivity index (χ3v) is 4.06. The van der Waals surface area contributed by atoms with E-state index in [-0.39, 0.29) is 11.4 Å². The topological polar surface area (TPSA) is 55.1 Å². The summed E-state index contributed by atoms with van der Waals surface area (Å²) in [5.74, 6) is 0.443. The number of nitrogens with two attached hydrogens (primary N) is 1. The summed E-state index contributed by atoms with van der Waals surface area (Å²) < 4.78 is 0.959. The summed E-state index contributed by atoms with van der Waals surface area (Å²) in [5.41, 5.74) is 6.12. The zero-order valence-electron chi connectivity index (χ0n) is 10.4. The molecule has 1 aromatic rings. The van der Waals surface area contributed by atoms with Crippen molar-refractivity contribution in [2.45, 2.75) is 32.7 Å². The van der Waals surface area contributed by atoms with Gasteiger partial charge in [0.2, 0.25) is 0 Å². The van der Waals surface area contributed by atoms with Crippen LogP contribution >= 0.6 is 27.3 Å². The van der Waals surface area contributed by atoms with Crippen molar-refractivity contribution in [1.29, 1.82) is 0 Å². The molecule has 1 heterocycles. The zero-order valence-corrected chi connectivity index (χ0v) is 12.8. The quantitative estimate of drug-likeness (QED) is 0.876. The van der Waals surface area contributed by atoms with Crippen molar-refractivity contribution in [1.82, 2.24) is 5.32 Å². The van der Waals surface area contributed by atoms with Crippen LogP contribution in [-0.4, -0.2) is 18.0 Å². The smallest absolute Gasteiger partial charge is 0.252 e. The minimum absolute atomic E-state index is 0.0550. The van der Waals surface area contributed by atoms with E-state index in [1.54, 1.807) is 0 Å². The van der Waals surface area contributed by atoms with Gasteiger partial charge in [-0.1, -0.05) is 13.8 Å². The van der Waals surface area contributed by atoms with Gasteiger partial charge in [-0.15, -0.1) is 11.3 Å². The Morgan fingerprint density at radius 3 is 2.71 bits per heavy atom. The lowest BCUT2D eigenvalue weighted by Gasteiger charge is -2.31. The Balaban J connectivity index is 2.71. The van der Waals surface area contributed by atoms with Gasteiger partial charge in [0.25, 0.3) is 5.91 Å². The summed E-state index contributed by atoms with van der Waals surface area (Å²) in [5, 5.41) is 4.86. The lowest BCUT2D eigenvalue weighted by Crippen LogP contribution is -2.52. The number of hydrogen-bond acceptors (Lipinski definition) is 3. The van der Waals surface area contributed by atoms with Crippen molar-refractivity contribution in [2.75, 3.05) is 6.54 Å². The Morgan fingerprint density at radius 2 is 2.29 bits per heavy atom. The molecule has 17 heavy (non-hydrogen) atoms. The predicted octanol–water partition coefficient (Wildman–Crippen LogP) is 3.00. The zero-order chi connectivity index (χ0) is 13.1. The highest BCUT2D eigenvalue weighted by molar-refractivity contribution is 9.11. The number of carbonyl (C=O) groups is 1. The molecule has 0 aromatic carbocycles. The van der Waals surface area contributed by atoms with Crippen LogP contribution in [0.3, 0.4) is 0 Å². The SMILES string of the molecule is CC(C)CC(C)(CN)NC(=O)c1csc(Br)c1. The molecule has 0 saturated carbocycles. The predicted molar refractivity (Wildman–Crippen MR) is 76.4 cm³/mol. The minimum atomic E-state index is -0.334. The van der Waals surface area contributed by atoms with Crippen LogP contribution in [0.15, 0.2) is 15.2 Å². The monoisotopic (exact) mass is 318 g/mol. The minimum Gasteiger partial charge on any atom is -0.346 e. The van der Waals surface area contributed by atoms with E-state index in [0.717, 1.165) is 10.2 Å². The van der Waals surface area contributed by atoms with Crippen molar-refractivity contribution in [3.8, 4) is 0 Å². The molecule has 0 fully saturated rings. The largest absolute Gasteiger partial charge is 0.346 e. The molecule has 0 bridgehead atoms. The highest BCUT2D eigenvalue weighted by Gasteiger charge is 2.26. The Hall–Kier alpha value is -0.390. The van der Waals surface area contributed by atoms with Crippen molar-refractivity contribution in [3.63, 3.8) is 0 Å². The average molecular weight is 319 g/mol. The fraction of sp³-hybridized carbons (Fsp3) is 0.583. The van der Waals surface area contributed by atoms with Crippen LogP contribution in [0.4, 0.5) is 0 Å². The molecule has 0 spiro atoms. The summed E-state index contributed by atoms with van der Waals surface area (Å²) >= 11 is 4.86. The van der Waals surface area contributed by atoms with Crippen LogP contribution in [0, 0.1) is 5.92 Å². The van der Waals surface area contributed by atoms with Gasteiger partial charge >= 0.3 is 0 Å². The van der Waals surface area contributed by atoms with Crippen LogP contribution < -0.4 is 11.1 Å². The van der Waals surface area contributed by atoms with Gasteiger partial charge in [-0.05, 0) is 41.3 Å². The molecule has 0 radical (unpaired) electrons. The number of amides is 1. The Labute approximate surface area is 115 Å². The van der Waals surface area contributed by atoms with E-state index in [1.807, 2.05) is 18.4 Å². The summed E-state index contributed by atoms with van der Waals surface area (Å²) in [7, 11) is 0. The van der Waals surface area contributed by atoms with Crippen LogP contribution in [0.5, 0.6) is 0 Å². The van der Waals surface area contributed by atoms with E-state index in [4.69, 9.17) is 5.73 Å². The number of nitrogens with one attached hydrogen (secondary N) is 1. The van der Waals surface area contributed by atoms with E-state index in [9.17, 15) is 4.79 Å². The first kappa shape index (κ1) is 14.7. The first-order valence-corrected chi connectivity index (χ1v) is 7.30. The van der Waals surface area contributed by atoms with Crippen molar-refractivity contribution in [3.05, 3.63) is 20.8 Å². The van der Waals surface area contributed by atoms with Crippen LogP contribution in [0.1, 0.15) is 37.6 Å². The normalized spacial score (nSPS) is 14.7. The molecule has 1 atom stereocenters. The Kier molecular flexibility index (Phi) is 5.16. The van der Waals surface area contributed by atoms with Crippen LogP contribution in [0.25, 0.3) is 0 Å². The molecule has 1 rings (SSSR count). The molecular formula is C12H19BrN2OS. The highest BCUT2D eigenvalue weighted by Crippen LogP contribution is 2.22. The van der Waals surface area contributed by atoms with Gasteiger partial charge in [-0.3, -0.25) is 4.79 Å². The maximum atomic E-state index is 12.0. The fourth-order valence-electron chi connectivity index (χ4n) is 1.86. The van der Waals surface area contributed by atoms with Gasteiger partial charge in [-0.25, -0.2) is 0 Å². The number of carbonyl (C=O) groups excluding carboxylic acids is 1. The van der Waals surface area contributed by atoms with Gasteiger partial charge in [0.05, 0.1) is 9.35 Å². The van der Waals surface area contributed by atoms with Crippen LogP contribution in [0.2, 0.25) is 0 Å². The standard InChI is InChI=1S/C12H19BrN2OS/c1-8(2)5-12(3,7-14)15-11(16)9-4-10(13)17-6-9/h4,6,8H,5,7,14H2,1-3H3,(H,15,16). The lowest BCUT2D eigenvalue weighted by molar-refractivity contribution is 0.0898. The van der Waals surface area contributed by atoms with Gasteiger partial charge < -0.3 is 11.1 Å². The van der Waals surface area contributed by atoms with Gasteiger partial charge in [-0.2, -0.15) is 0 Å². The summed E-state index contributed by atoms with van der Waals surface area (Å²) in [6.45, 7) is 6.69. The second-order valence-electron chi connectivity index (χ2n) is 4.96. The van der Waals surface area contributed by atoms with E-state index in [1.165, 1.54) is 11.3 Å². The first-order chi connectivity index (χ1) is 7.86. The number of hydrogen-bond donors (Lipinski definition) is 2. The third-order valence-electron chi connectivity index (χ3n) is 2.55. The maximum Gasteiger partial charge on any atom is 0.252 e. The van der Waals surface area contributed by atoms with Crippen molar-refractivity contribution < 1.29 is 4.79 Å². The summed E-state index contributed by atoms with van der Waals surface area (Å²) in [4.78, 5) is 12.0. The molecule has 1 aromatic heterocycles. The molecule has 0 aliphatic heterocycles. The number of halogens is 1. The number of thiophene rings is 1. The Bertz CT molecular complexity index is 392. The molecular weight excluding hydrogens is 300 g/mol. The third kappa shape index (κ3) is 4.41. The molecule has 0 saturated heterocycles. The van der Waals surface area contributed by atoms with Crippen LogP contribution in [-0.2, 0) is 0 Å². The first-order valence-electron chi connectivity index (χ1n) is 5.63. The molecule has 3 N–H and O–H groups in total. The second kappa shape index (κ2) is 5.98. The molecule has 1 amide bonds. The van der Waals surface area contributed by atoms with Crippen molar-refractivity contribution in [2.24, 2.45) is 11.7 Å². The number of rotatable bonds is 5.